The summed E-state index contributed by atoms with van der Waals surface area (Å²) in [6.45, 7) is 7.31. The molecule has 0 saturated carbocycles. The quantitative estimate of drug-likeness (QED) is 0.812. The van der Waals surface area contributed by atoms with Gasteiger partial charge < -0.3 is 4.74 Å². The van der Waals surface area contributed by atoms with Crippen LogP contribution in [0, 0.1) is 0 Å². The van der Waals surface area contributed by atoms with Gasteiger partial charge in [-0.05, 0) is 48.8 Å². The second kappa shape index (κ2) is 6.39. The molecule has 2 saturated heterocycles. The number of hydrogen-bond acceptors (Lipinski definition) is 3. The standard InChI is InChI=1S/C16H22BrNOS/c1-16(5-2-10-20-16)15-4-3-14(17)11-13(15)12-18-6-8-19-9-7-18/h3-4,11H,2,5-10,12H2,1H3. The first-order valence-corrected chi connectivity index (χ1v) is 9.18. The molecule has 1 unspecified atom stereocenters. The van der Waals surface area contributed by atoms with Crippen LogP contribution in [0.2, 0.25) is 0 Å². The first-order chi connectivity index (χ1) is 9.67. The summed E-state index contributed by atoms with van der Waals surface area (Å²) < 4.78 is 6.95. The van der Waals surface area contributed by atoms with E-state index in [1.54, 1.807) is 0 Å². The van der Waals surface area contributed by atoms with Crippen LogP contribution in [-0.4, -0.2) is 37.0 Å². The smallest absolute Gasteiger partial charge is 0.0594 e. The summed E-state index contributed by atoms with van der Waals surface area (Å²) in [5.74, 6) is 1.30. The number of rotatable bonds is 3. The predicted octanol–water partition coefficient (Wildman–Crippen LogP) is 4.02. The van der Waals surface area contributed by atoms with E-state index in [0.717, 1.165) is 32.8 Å². The number of hydrogen-bond donors (Lipinski definition) is 0. The molecule has 0 amide bonds. The van der Waals surface area contributed by atoms with Gasteiger partial charge in [0.1, 0.15) is 0 Å². The van der Waals surface area contributed by atoms with E-state index in [9.17, 15) is 0 Å². The highest BCUT2D eigenvalue weighted by atomic mass is 79.9. The molecular formula is C16H22BrNOS. The van der Waals surface area contributed by atoms with Crippen LogP contribution in [0.4, 0.5) is 0 Å². The van der Waals surface area contributed by atoms with E-state index in [1.807, 2.05) is 0 Å². The van der Waals surface area contributed by atoms with Crippen molar-refractivity contribution in [3.8, 4) is 0 Å². The zero-order valence-electron chi connectivity index (χ0n) is 12.0. The Morgan fingerprint density at radius 1 is 1.35 bits per heavy atom. The van der Waals surface area contributed by atoms with Gasteiger partial charge in [-0.2, -0.15) is 11.8 Å². The molecule has 0 aromatic heterocycles. The summed E-state index contributed by atoms with van der Waals surface area (Å²) in [5, 5.41) is 0. The van der Waals surface area contributed by atoms with Crippen LogP contribution in [0.25, 0.3) is 0 Å². The molecule has 0 bridgehead atoms. The largest absolute Gasteiger partial charge is 0.379 e. The Morgan fingerprint density at radius 2 is 2.15 bits per heavy atom. The van der Waals surface area contributed by atoms with Crippen LogP contribution in [-0.2, 0) is 16.0 Å². The van der Waals surface area contributed by atoms with E-state index in [0.29, 0.717) is 4.75 Å². The van der Waals surface area contributed by atoms with Crippen molar-refractivity contribution in [1.82, 2.24) is 4.90 Å². The van der Waals surface area contributed by atoms with Crippen LogP contribution in [0.15, 0.2) is 22.7 Å². The molecule has 4 heteroatoms. The lowest BCUT2D eigenvalue weighted by molar-refractivity contribution is 0.0340. The van der Waals surface area contributed by atoms with Crippen LogP contribution < -0.4 is 0 Å². The summed E-state index contributed by atoms with van der Waals surface area (Å²) in [5.41, 5.74) is 3.02. The third-order valence-corrected chi connectivity index (χ3v) is 6.40. The van der Waals surface area contributed by atoms with Gasteiger partial charge in [-0.3, -0.25) is 4.90 Å². The highest BCUT2D eigenvalue weighted by Gasteiger charge is 2.33. The van der Waals surface area contributed by atoms with Gasteiger partial charge in [-0.25, -0.2) is 0 Å². The zero-order chi connectivity index (χ0) is 14.0. The molecule has 2 aliphatic heterocycles. The fraction of sp³-hybridized carbons (Fsp3) is 0.625. The fourth-order valence-corrected chi connectivity index (χ4v) is 4.99. The molecule has 2 heterocycles. The summed E-state index contributed by atoms with van der Waals surface area (Å²) in [6, 6.07) is 6.84. The van der Waals surface area contributed by atoms with Gasteiger partial charge in [0, 0.05) is 28.9 Å². The molecule has 0 spiro atoms. The first-order valence-electron chi connectivity index (χ1n) is 7.40. The van der Waals surface area contributed by atoms with Gasteiger partial charge in [-0.1, -0.05) is 22.0 Å². The molecule has 1 atom stereocenters. The van der Waals surface area contributed by atoms with Gasteiger partial charge in [0.25, 0.3) is 0 Å². The number of benzene rings is 1. The minimum atomic E-state index is 0.308. The summed E-state index contributed by atoms with van der Waals surface area (Å²) in [4.78, 5) is 2.51. The molecule has 2 nitrogen and oxygen atoms in total. The number of nitrogens with zero attached hydrogens (tertiary/aromatic N) is 1. The van der Waals surface area contributed by atoms with Crippen molar-refractivity contribution in [1.29, 1.82) is 0 Å². The minimum Gasteiger partial charge on any atom is -0.379 e. The van der Waals surface area contributed by atoms with Gasteiger partial charge in [0.15, 0.2) is 0 Å². The van der Waals surface area contributed by atoms with E-state index in [-0.39, 0.29) is 0 Å². The lowest BCUT2D eigenvalue weighted by atomic mass is 9.91. The number of thioether (sulfide) groups is 1. The SMILES string of the molecule is CC1(c2ccc(Br)cc2CN2CCOCC2)CCCS1. The molecule has 1 aromatic rings. The van der Waals surface area contributed by atoms with Gasteiger partial charge in [-0.15, -0.1) is 0 Å². The van der Waals surface area contributed by atoms with E-state index in [4.69, 9.17) is 4.74 Å². The molecule has 2 aliphatic rings. The van der Waals surface area contributed by atoms with Crippen molar-refractivity contribution >= 4 is 27.7 Å². The van der Waals surface area contributed by atoms with Gasteiger partial charge >= 0.3 is 0 Å². The average molecular weight is 356 g/mol. The highest BCUT2D eigenvalue weighted by Crippen LogP contribution is 2.47. The molecule has 0 N–H and O–H groups in total. The second-order valence-corrected chi connectivity index (χ2v) is 8.39. The van der Waals surface area contributed by atoms with Gasteiger partial charge in [0.2, 0.25) is 0 Å². The van der Waals surface area contributed by atoms with Crippen molar-refractivity contribution in [2.75, 3.05) is 32.1 Å². The summed E-state index contributed by atoms with van der Waals surface area (Å²) in [6.07, 6.45) is 2.64. The van der Waals surface area contributed by atoms with E-state index in [2.05, 4.69) is 57.7 Å². The highest BCUT2D eigenvalue weighted by molar-refractivity contribution is 9.10. The van der Waals surface area contributed by atoms with Crippen LogP contribution in [0.1, 0.15) is 30.9 Å². The minimum absolute atomic E-state index is 0.308. The lowest BCUT2D eigenvalue weighted by Crippen LogP contribution is -2.36. The number of morpholine rings is 1. The monoisotopic (exact) mass is 355 g/mol. The number of ether oxygens (including phenoxy) is 1. The van der Waals surface area contributed by atoms with Crippen molar-refractivity contribution in [3.63, 3.8) is 0 Å². The van der Waals surface area contributed by atoms with Crippen LogP contribution in [0.3, 0.4) is 0 Å². The molecule has 2 fully saturated rings. The number of halogens is 1. The maximum atomic E-state index is 5.46. The van der Waals surface area contributed by atoms with Gasteiger partial charge in [0.05, 0.1) is 13.2 Å². The Morgan fingerprint density at radius 3 is 2.85 bits per heavy atom. The van der Waals surface area contributed by atoms with Crippen molar-refractivity contribution < 1.29 is 4.74 Å². The average Bonchev–Trinajstić information content (AvgIpc) is 2.88. The topological polar surface area (TPSA) is 12.5 Å². The maximum Gasteiger partial charge on any atom is 0.0594 e. The second-order valence-electron chi connectivity index (χ2n) is 5.87. The molecule has 110 valence electrons. The molecule has 3 rings (SSSR count). The van der Waals surface area contributed by atoms with Crippen molar-refractivity contribution in [2.24, 2.45) is 0 Å². The van der Waals surface area contributed by atoms with Crippen molar-refractivity contribution in [2.45, 2.75) is 31.1 Å². The predicted molar refractivity (Wildman–Crippen MR) is 89.3 cm³/mol. The third kappa shape index (κ3) is 3.24. The first kappa shape index (κ1) is 14.9. The molecule has 1 aromatic carbocycles. The molecule has 20 heavy (non-hydrogen) atoms. The Kier molecular flexibility index (Phi) is 4.75. The van der Waals surface area contributed by atoms with E-state index in [1.165, 1.54) is 34.2 Å². The third-order valence-electron chi connectivity index (χ3n) is 4.35. The van der Waals surface area contributed by atoms with E-state index >= 15 is 0 Å². The zero-order valence-corrected chi connectivity index (χ0v) is 14.4. The Labute approximate surface area is 134 Å². The Bertz CT molecular complexity index is 468. The fourth-order valence-electron chi connectivity index (χ4n) is 3.20. The lowest BCUT2D eigenvalue weighted by Gasteiger charge is -2.31. The van der Waals surface area contributed by atoms with Crippen LogP contribution >= 0.6 is 27.7 Å². The Balaban J connectivity index is 1.85. The summed E-state index contributed by atoms with van der Waals surface area (Å²) in [7, 11) is 0. The van der Waals surface area contributed by atoms with E-state index < -0.39 is 0 Å². The maximum absolute atomic E-state index is 5.46. The Hall–Kier alpha value is -0.0300. The molecule has 0 radical (unpaired) electrons. The molecular weight excluding hydrogens is 334 g/mol. The van der Waals surface area contributed by atoms with Crippen molar-refractivity contribution in [3.05, 3.63) is 33.8 Å². The normalized spacial score (nSPS) is 27.9. The van der Waals surface area contributed by atoms with Crippen LogP contribution in [0.5, 0.6) is 0 Å². The molecule has 0 aliphatic carbocycles. The summed E-state index contributed by atoms with van der Waals surface area (Å²) >= 11 is 5.76.